The number of anilines is 1. The minimum absolute atomic E-state index is 0.180. The van der Waals surface area contributed by atoms with Gasteiger partial charge >= 0.3 is 0 Å². The molecule has 4 rings (SSSR count). The number of ether oxygens (including phenoxy) is 1. The van der Waals surface area contributed by atoms with Crippen LogP contribution in [0.1, 0.15) is 30.2 Å². The van der Waals surface area contributed by atoms with Crippen molar-refractivity contribution in [1.29, 1.82) is 0 Å². The maximum Gasteiger partial charge on any atom is 0.255 e. The second-order valence-electron chi connectivity index (χ2n) is 7.01. The number of carbonyl (C=O) groups excluding carboxylic acids is 1. The van der Waals surface area contributed by atoms with Crippen molar-refractivity contribution in [2.75, 3.05) is 12.4 Å². The van der Waals surface area contributed by atoms with Crippen molar-refractivity contribution in [1.82, 2.24) is 14.5 Å². The predicted octanol–water partition coefficient (Wildman–Crippen LogP) is 4.94. The summed E-state index contributed by atoms with van der Waals surface area (Å²) in [4.78, 5) is 22.0. The van der Waals surface area contributed by atoms with Gasteiger partial charge in [0.05, 0.1) is 7.11 Å². The lowest BCUT2D eigenvalue weighted by Gasteiger charge is -2.13. The van der Waals surface area contributed by atoms with Crippen LogP contribution in [0, 0.1) is 0 Å². The summed E-state index contributed by atoms with van der Waals surface area (Å²) in [6.45, 7) is 4.19. The molecule has 0 radical (unpaired) electrons. The van der Waals surface area contributed by atoms with Crippen molar-refractivity contribution in [3.8, 4) is 17.1 Å². The molecule has 0 aliphatic rings. The van der Waals surface area contributed by atoms with E-state index in [9.17, 15) is 4.79 Å². The molecule has 4 aromatic rings. The molecule has 0 aliphatic carbocycles. The lowest BCUT2D eigenvalue weighted by Crippen LogP contribution is -2.12. The third kappa shape index (κ3) is 3.69. The van der Waals surface area contributed by atoms with E-state index in [2.05, 4.69) is 28.7 Å². The van der Waals surface area contributed by atoms with Gasteiger partial charge in [-0.25, -0.2) is 9.97 Å². The van der Waals surface area contributed by atoms with Crippen molar-refractivity contribution in [2.24, 2.45) is 0 Å². The number of rotatable bonds is 5. The first-order chi connectivity index (χ1) is 14.1. The molecule has 0 unspecified atom stereocenters. The Kier molecular flexibility index (Phi) is 4.99. The van der Waals surface area contributed by atoms with Gasteiger partial charge < -0.3 is 14.6 Å². The van der Waals surface area contributed by atoms with E-state index in [4.69, 9.17) is 9.72 Å². The van der Waals surface area contributed by atoms with Crippen LogP contribution in [0.3, 0.4) is 0 Å². The number of hydrogen-bond acceptors (Lipinski definition) is 4. The van der Waals surface area contributed by atoms with Gasteiger partial charge in [-0.05, 0) is 50.2 Å². The van der Waals surface area contributed by atoms with Gasteiger partial charge in [-0.15, -0.1) is 0 Å². The van der Waals surface area contributed by atoms with Gasteiger partial charge in [0, 0.05) is 35.1 Å². The lowest BCUT2D eigenvalue weighted by molar-refractivity contribution is 0.102. The van der Waals surface area contributed by atoms with Crippen LogP contribution < -0.4 is 10.1 Å². The van der Waals surface area contributed by atoms with E-state index in [0.29, 0.717) is 17.0 Å². The summed E-state index contributed by atoms with van der Waals surface area (Å²) in [5.74, 6) is 1.30. The maximum atomic E-state index is 12.8. The Labute approximate surface area is 169 Å². The molecule has 0 saturated carbocycles. The molecule has 2 heterocycles. The number of imidazole rings is 1. The molecule has 1 N–H and O–H groups in total. The number of carbonyl (C=O) groups is 1. The molecule has 0 spiro atoms. The van der Waals surface area contributed by atoms with Crippen molar-refractivity contribution in [3.63, 3.8) is 0 Å². The topological polar surface area (TPSA) is 69.0 Å². The molecule has 6 nitrogen and oxygen atoms in total. The summed E-state index contributed by atoms with van der Waals surface area (Å²) >= 11 is 0. The van der Waals surface area contributed by atoms with Gasteiger partial charge in [0.2, 0.25) is 0 Å². The zero-order chi connectivity index (χ0) is 20.4. The molecule has 2 aromatic heterocycles. The largest absolute Gasteiger partial charge is 0.497 e. The Balaban J connectivity index is 1.70. The first kappa shape index (κ1) is 18.7. The molecule has 146 valence electrons. The minimum atomic E-state index is -0.189. The van der Waals surface area contributed by atoms with E-state index in [-0.39, 0.29) is 11.9 Å². The summed E-state index contributed by atoms with van der Waals surface area (Å²) in [6, 6.07) is 18.8. The number of nitrogens with one attached hydrogen (secondary N) is 1. The van der Waals surface area contributed by atoms with Crippen LogP contribution in [0.5, 0.6) is 5.75 Å². The SMILES string of the molecule is COc1cccc(NC(=O)c2cccc(-c3nc4cccnc4n3C(C)C)c2)c1. The maximum absolute atomic E-state index is 12.8. The third-order valence-electron chi connectivity index (χ3n) is 4.68. The highest BCUT2D eigenvalue weighted by atomic mass is 16.5. The molecular weight excluding hydrogens is 364 g/mol. The summed E-state index contributed by atoms with van der Waals surface area (Å²) < 4.78 is 7.31. The zero-order valence-corrected chi connectivity index (χ0v) is 16.6. The molecule has 6 heteroatoms. The highest BCUT2D eigenvalue weighted by molar-refractivity contribution is 6.05. The first-order valence-electron chi connectivity index (χ1n) is 9.45. The predicted molar refractivity (Wildman–Crippen MR) is 114 cm³/mol. The van der Waals surface area contributed by atoms with Crippen LogP contribution in [-0.2, 0) is 0 Å². The third-order valence-corrected chi connectivity index (χ3v) is 4.68. The number of amides is 1. The van der Waals surface area contributed by atoms with E-state index in [1.54, 1.807) is 25.4 Å². The Morgan fingerprint density at radius 1 is 1.07 bits per heavy atom. The van der Waals surface area contributed by atoms with Crippen molar-refractivity contribution < 1.29 is 9.53 Å². The van der Waals surface area contributed by atoms with Gasteiger partial charge in [-0.2, -0.15) is 0 Å². The fourth-order valence-electron chi connectivity index (χ4n) is 3.33. The molecule has 0 saturated heterocycles. The van der Waals surface area contributed by atoms with Crippen LogP contribution in [0.25, 0.3) is 22.6 Å². The molecule has 0 fully saturated rings. The zero-order valence-electron chi connectivity index (χ0n) is 16.6. The standard InChI is InChI=1S/C23H22N4O2/c1-15(2)27-21(26-20-11-6-12-24-22(20)27)16-7-4-8-17(13-16)23(28)25-18-9-5-10-19(14-18)29-3/h4-15H,1-3H3,(H,25,28). The number of methoxy groups -OCH3 is 1. The van der Waals surface area contributed by atoms with E-state index < -0.39 is 0 Å². The highest BCUT2D eigenvalue weighted by Crippen LogP contribution is 2.28. The number of fused-ring (bicyclic) bond motifs is 1. The lowest BCUT2D eigenvalue weighted by atomic mass is 10.1. The molecule has 29 heavy (non-hydrogen) atoms. The van der Waals surface area contributed by atoms with Gasteiger partial charge in [0.25, 0.3) is 5.91 Å². The highest BCUT2D eigenvalue weighted by Gasteiger charge is 2.17. The fraction of sp³-hybridized carbons (Fsp3) is 0.174. The molecular formula is C23H22N4O2. The summed E-state index contributed by atoms with van der Waals surface area (Å²) in [6.07, 6.45) is 1.77. The van der Waals surface area contributed by atoms with E-state index >= 15 is 0 Å². The molecule has 0 atom stereocenters. The number of hydrogen-bond donors (Lipinski definition) is 1. The van der Waals surface area contributed by atoms with Gasteiger partial charge in [-0.3, -0.25) is 4.79 Å². The second kappa shape index (κ2) is 7.75. The smallest absolute Gasteiger partial charge is 0.255 e. The number of benzene rings is 2. The second-order valence-corrected chi connectivity index (χ2v) is 7.01. The van der Waals surface area contributed by atoms with Crippen LogP contribution in [0.4, 0.5) is 5.69 Å². The minimum Gasteiger partial charge on any atom is -0.497 e. The van der Waals surface area contributed by atoms with Crippen LogP contribution in [0.15, 0.2) is 66.9 Å². The molecule has 0 aliphatic heterocycles. The Bertz CT molecular complexity index is 1180. The van der Waals surface area contributed by atoms with E-state index in [0.717, 1.165) is 22.6 Å². The summed E-state index contributed by atoms with van der Waals surface area (Å²) in [5, 5.41) is 2.92. The van der Waals surface area contributed by atoms with Crippen molar-refractivity contribution >= 4 is 22.8 Å². The van der Waals surface area contributed by atoms with Crippen LogP contribution >= 0.6 is 0 Å². The quantitative estimate of drug-likeness (QED) is 0.527. The van der Waals surface area contributed by atoms with Crippen LogP contribution in [-0.4, -0.2) is 27.6 Å². The van der Waals surface area contributed by atoms with Crippen molar-refractivity contribution in [2.45, 2.75) is 19.9 Å². The number of nitrogens with zero attached hydrogens (tertiary/aromatic N) is 3. The Morgan fingerprint density at radius 2 is 1.90 bits per heavy atom. The molecule has 2 aromatic carbocycles. The molecule has 1 amide bonds. The van der Waals surface area contributed by atoms with E-state index in [1.165, 1.54) is 0 Å². The average molecular weight is 386 g/mol. The first-order valence-corrected chi connectivity index (χ1v) is 9.45. The van der Waals surface area contributed by atoms with Gasteiger partial charge in [0.1, 0.15) is 17.1 Å². The average Bonchev–Trinajstić information content (AvgIpc) is 3.14. The van der Waals surface area contributed by atoms with Gasteiger partial charge in [0.15, 0.2) is 5.65 Å². The van der Waals surface area contributed by atoms with E-state index in [1.807, 2.05) is 48.5 Å². The Morgan fingerprint density at radius 3 is 2.69 bits per heavy atom. The number of pyridine rings is 1. The monoisotopic (exact) mass is 386 g/mol. The van der Waals surface area contributed by atoms with Crippen molar-refractivity contribution in [3.05, 3.63) is 72.4 Å². The van der Waals surface area contributed by atoms with Crippen LogP contribution in [0.2, 0.25) is 0 Å². The number of aromatic nitrogens is 3. The summed E-state index contributed by atoms with van der Waals surface area (Å²) in [5.41, 5.74) is 3.78. The normalized spacial score (nSPS) is 11.0. The summed E-state index contributed by atoms with van der Waals surface area (Å²) in [7, 11) is 1.60. The molecule has 0 bridgehead atoms. The Hall–Kier alpha value is -3.67. The van der Waals surface area contributed by atoms with Gasteiger partial charge in [-0.1, -0.05) is 18.2 Å². The fourth-order valence-corrected chi connectivity index (χ4v) is 3.33.